The van der Waals surface area contributed by atoms with Crippen LogP contribution >= 0.6 is 0 Å². The molecule has 2 unspecified atom stereocenters. The highest BCUT2D eigenvalue weighted by Gasteiger charge is 2.44. The maximum Gasteiger partial charge on any atom is 0.295 e. The monoisotopic (exact) mass is 422 g/mol. The van der Waals surface area contributed by atoms with E-state index in [-0.39, 0.29) is 17.4 Å². The Hall–Kier alpha value is -3.32. The molecule has 0 radical (unpaired) electrons. The molecule has 31 heavy (non-hydrogen) atoms. The molecule has 7 heteroatoms. The number of hydrogen-bond donors (Lipinski definition) is 2. The fourth-order valence-electron chi connectivity index (χ4n) is 4.21. The highest BCUT2D eigenvalue weighted by atomic mass is 16.5. The number of benzene rings is 2. The number of likely N-dealkylation sites (N-methyl/N-ethyl adjacent to an activating group) is 1. The lowest BCUT2D eigenvalue weighted by Gasteiger charge is -2.28. The third kappa shape index (κ3) is 3.88. The van der Waals surface area contributed by atoms with Gasteiger partial charge in [0.1, 0.15) is 17.6 Å². The first kappa shape index (κ1) is 20.9. The number of carbonyl (C=O) groups is 2. The number of carbonyl (C=O) groups excluding carboxylic acids is 2. The van der Waals surface area contributed by atoms with Crippen LogP contribution in [-0.2, 0) is 16.0 Å². The molecule has 2 aromatic carbocycles. The van der Waals surface area contributed by atoms with Crippen molar-refractivity contribution in [3.63, 3.8) is 0 Å². The van der Waals surface area contributed by atoms with Gasteiger partial charge in [-0.3, -0.25) is 9.59 Å². The molecule has 1 amide bonds. The molecule has 1 saturated heterocycles. The summed E-state index contributed by atoms with van der Waals surface area (Å²) in [7, 11) is 3.91. The number of amides is 1. The summed E-state index contributed by atoms with van der Waals surface area (Å²) in [5, 5.41) is 23.5. The van der Waals surface area contributed by atoms with Crippen LogP contribution in [0.4, 0.5) is 0 Å². The highest BCUT2D eigenvalue weighted by Crippen LogP contribution is 2.40. The van der Waals surface area contributed by atoms with E-state index in [9.17, 15) is 19.8 Å². The van der Waals surface area contributed by atoms with E-state index in [1.54, 1.807) is 30.3 Å². The van der Waals surface area contributed by atoms with Gasteiger partial charge in [-0.2, -0.15) is 0 Å². The van der Waals surface area contributed by atoms with Crippen LogP contribution in [0, 0.1) is 0 Å². The predicted octanol–water partition coefficient (Wildman–Crippen LogP) is 0.0841. The number of phenols is 1. The molecule has 162 valence electrons. The van der Waals surface area contributed by atoms with E-state index in [0.717, 1.165) is 16.2 Å². The third-order valence-corrected chi connectivity index (χ3v) is 5.73. The molecule has 2 aromatic rings. The van der Waals surface area contributed by atoms with Crippen molar-refractivity contribution in [1.29, 1.82) is 0 Å². The van der Waals surface area contributed by atoms with E-state index < -0.39 is 23.5 Å². The third-order valence-electron chi connectivity index (χ3n) is 5.73. The summed E-state index contributed by atoms with van der Waals surface area (Å²) in [6.07, 6.45) is 0.721. The van der Waals surface area contributed by atoms with Crippen molar-refractivity contribution in [2.24, 2.45) is 0 Å². The van der Waals surface area contributed by atoms with Gasteiger partial charge in [0.15, 0.2) is 0 Å². The number of aromatic hydroxyl groups is 1. The molecule has 2 heterocycles. The number of rotatable bonds is 5. The number of nitrogens with zero attached hydrogens (tertiary/aromatic N) is 1. The number of quaternary nitrogens is 1. The molecule has 0 bridgehead atoms. The van der Waals surface area contributed by atoms with Crippen LogP contribution in [0.1, 0.15) is 29.7 Å². The maximum absolute atomic E-state index is 13.5. The zero-order chi connectivity index (χ0) is 22.3. The molecule has 7 nitrogen and oxygen atoms in total. The average Bonchev–Trinajstić information content (AvgIpc) is 3.22. The number of likely N-dealkylation sites (tertiary alicyclic amines) is 1. The van der Waals surface area contributed by atoms with Crippen molar-refractivity contribution in [3.8, 4) is 11.5 Å². The number of Topliss-reactive ketones (excluding diaryl/α,β-unsaturated/α-hetero) is 1. The van der Waals surface area contributed by atoms with Gasteiger partial charge in [-0.25, -0.2) is 0 Å². The minimum absolute atomic E-state index is 0.0120. The molecule has 2 aliphatic rings. The molecule has 2 atom stereocenters. The summed E-state index contributed by atoms with van der Waals surface area (Å²) in [6, 6.07) is 10.7. The molecule has 2 N–H and O–H groups in total. The van der Waals surface area contributed by atoms with E-state index >= 15 is 0 Å². The lowest BCUT2D eigenvalue weighted by Crippen LogP contribution is -3.06. The number of hydrogen-bond acceptors (Lipinski definition) is 5. The van der Waals surface area contributed by atoms with Crippen molar-refractivity contribution < 1.29 is 29.4 Å². The lowest BCUT2D eigenvalue weighted by atomic mass is 9.94. The Morgan fingerprint density at radius 2 is 2.00 bits per heavy atom. The molecule has 4 rings (SSSR count). The van der Waals surface area contributed by atoms with Gasteiger partial charge in [0.05, 0.1) is 33.2 Å². The van der Waals surface area contributed by atoms with Crippen LogP contribution in [0.3, 0.4) is 0 Å². The zero-order valence-corrected chi connectivity index (χ0v) is 17.8. The van der Waals surface area contributed by atoms with Crippen LogP contribution in [-0.4, -0.2) is 55.0 Å². The van der Waals surface area contributed by atoms with Gasteiger partial charge in [-0.1, -0.05) is 24.0 Å². The smallest absolute Gasteiger partial charge is 0.295 e. The highest BCUT2D eigenvalue weighted by molar-refractivity contribution is 6.46. The van der Waals surface area contributed by atoms with Gasteiger partial charge < -0.3 is 24.7 Å². The topological polar surface area (TPSA) is 94.3 Å². The Morgan fingerprint density at radius 1 is 1.23 bits per heavy atom. The average molecular weight is 422 g/mol. The molecular formula is C24H26N2O5. The molecule has 1 fully saturated rings. The molecule has 0 saturated carbocycles. The molecule has 0 spiro atoms. The minimum atomic E-state index is -0.831. The largest absolute Gasteiger partial charge is 0.872 e. The van der Waals surface area contributed by atoms with Crippen LogP contribution in [0.15, 0.2) is 48.0 Å². The van der Waals surface area contributed by atoms with Gasteiger partial charge in [0.2, 0.25) is 5.78 Å². The Bertz CT molecular complexity index is 1080. The normalized spacial score (nSPS) is 22.1. The van der Waals surface area contributed by atoms with Gasteiger partial charge in [-0.05, 0) is 47.9 Å². The molecule has 0 aliphatic carbocycles. The Labute approximate surface area is 181 Å². The Morgan fingerprint density at radius 3 is 2.71 bits per heavy atom. The summed E-state index contributed by atoms with van der Waals surface area (Å²) in [5.41, 5.74) is 1.74. The van der Waals surface area contributed by atoms with E-state index in [1.165, 1.54) is 17.0 Å². The number of ether oxygens (including phenoxy) is 1. The fraction of sp³-hybridized carbons (Fsp3) is 0.333. The first-order chi connectivity index (χ1) is 14.8. The van der Waals surface area contributed by atoms with Gasteiger partial charge in [-0.15, -0.1) is 0 Å². The van der Waals surface area contributed by atoms with E-state index in [4.69, 9.17) is 4.74 Å². The van der Waals surface area contributed by atoms with E-state index in [0.29, 0.717) is 30.6 Å². The summed E-state index contributed by atoms with van der Waals surface area (Å²) in [4.78, 5) is 28.4. The SMILES string of the molecule is CC1Cc2cc(C([O-])=C3C(=O)C(=O)N(CC[NH+](C)C)C3c3cccc(O)c3)ccc2O1. The van der Waals surface area contributed by atoms with Crippen molar-refractivity contribution in [1.82, 2.24) is 4.90 Å². The Kier molecular flexibility index (Phi) is 5.45. The first-order valence-electron chi connectivity index (χ1n) is 10.4. The second-order valence-corrected chi connectivity index (χ2v) is 8.48. The predicted molar refractivity (Wildman–Crippen MR) is 112 cm³/mol. The summed E-state index contributed by atoms with van der Waals surface area (Å²) in [6.45, 7) is 2.89. The number of nitrogens with one attached hydrogen (secondary N) is 1. The van der Waals surface area contributed by atoms with Crippen LogP contribution in [0.25, 0.3) is 5.76 Å². The summed E-state index contributed by atoms with van der Waals surface area (Å²) >= 11 is 0. The number of fused-ring (bicyclic) bond motifs is 1. The first-order valence-corrected chi connectivity index (χ1v) is 10.4. The van der Waals surface area contributed by atoms with E-state index in [2.05, 4.69) is 0 Å². The Balaban J connectivity index is 1.82. The summed E-state index contributed by atoms with van der Waals surface area (Å²) in [5.74, 6) is -1.18. The molecular weight excluding hydrogens is 396 g/mol. The van der Waals surface area contributed by atoms with Gasteiger partial charge >= 0.3 is 0 Å². The molecule has 2 aliphatic heterocycles. The zero-order valence-electron chi connectivity index (χ0n) is 17.8. The number of ketones is 1. The van der Waals surface area contributed by atoms with Crippen LogP contribution in [0.2, 0.25) is 0 Å². The van der Waals surface area contributed by atoms with E-state index in [1.807, 2.05) is 21.0 Å². The van der Waals surface area contributed by atoms with Crippen LogP contribution in [0.5, 0.6) is 11.5 Å². The minimum Gasteiger partial charge on any atom is -0.872 e. The van der Waals surface area contributed by atoms with Gasteiger partial charge in [0, 0.05) is 12.0 Å². The second kappa shape index (κ2) is 8.07. The van der Waals surface area contributed by atoms with Crippen molar-refractivity contribution in [3.05, 3.63) is 64.7 Å². The van der Waals surface area contributed by atoms with Crippen LogP contribution < -0.4 is 14.7 Å². The van der Waals surface area contributed by atoms with Crippen molar-refractivity contribution in [2.75, 3.05) is 27.2 Å². The van der Waals surface area contributed by atoms with Gasteiger partial charge in [0.25, 0.3) is 5.91 Å². The molecule has 0 aromatic heterocycles. The maximum atomic E-state index is 13.5. The van der Waals surface area contributed by atoms with Crippen molar-refractivity contribution in [2.45, 2.75) is 25.5 Å². The lowest BCUT2D eigenvalue weighted by molar-refractivity contribution is -0.857. The second-order valence-electron chi connectivity index (χ2n) is 8.48. The summed E-state index contributed by atoms with van der Waals surface area (Å²) < 4.78 is 5.70. The number of phenolic OH excluding ortho intramolecular Hbond substituents is 1. The fourth-order valence-corrected chi connectivity index (χ4v) is 4.21. The standard InChI is InChI=1S/C24H26N2O5/c1-14-11-17-12-16(7-8-19(17)31-14)22(28)20-21(15-5-4-6-18(27)13-15)26(10-9-25(2)3)24(30)23(20)29/h4-8,12-14,21,27-28H,9-11H2,1-3H3. The van der Waals surface area contributed by atoms with Crippen molar-refractivity contribution >= 4 is 17.4 Å². The quantitative estimate of drug-likeness (QED) is 0.405.